The molecule has 1 N–H and O–H groups in total. The summed E-state index contributed by atoms with van der Waals surface area (Å²) >= 11 is 7.81. The van der Waals surface area contributed by atoms with Crippen LogP contribution in [-0.4, -0.2) is 24.1 Å². The van der Waals surface area contributed by atoms with Gasteiger partial charge >= 0.3 is 6.03 Å². The standard InChI is InChI=1S/C33H45ClN2O2S/c1-8-32(4,5)25-15-16-29(28(21-25)33(6,7)9-2)38-19-11-10-18-36(23-30-24(3)17-20-39-30)31(37)35-27-14-12-13-26(34)22-27/h12-17,20-22H,8-11,18-19,23H2,1-7H3,(H,35,37). The molecule has 0 unspecified atom stereocenters. The third-order valence-corrected chi connectivity index (χ3v) is 9.25. The molecule has 6 heteroatoms. The maximum absolute atomic E-state index is 13.2. The minimum Gasteiger partial charge on any atom is -0.493 e. The van der Waals surface area contributed by atoms with E-state index < -0.39 is 0 Å². The highest BCUT2D eigenvalue weighted by Gasteiger charge is 2.26. The summed E-state index contributed by atoms with van der Waals surface area (Å²) in [4.78, 5) is 16.3. The van der Waals surface area contributed by atoms with Crippen molar-refractivity contribution in [1.29, 1.82) is 0 Å². The van der Waals surface area contributed by atoms with Crippen LogP contribution in [0.4, 0.5) is 10.5 Å². The monoisotopic (exact) mass is 568 g/mol. The molecule has 0 aliphatic rings. The molecule has 2 aromatic carbocycles. The highest BCUT2D eigenvalue weighted by Crippen LogP contribution is 2.38. The van der Waals surface area contributed by atoms with Crippen LogP contribution in [0.25, 0.3) is 0 Å². The fourth-order valence-corrected chi connectivity index (χ4v) is 5.46. The van der Waals surface area contributed by atoms with Gasteiger partial charge in [-0.15, -0.1) is 11.3 Å². The lowest BCUT2D eigenvalue weighted by Crippen LogP contribution is -2.35. The number of rotatable bonds is 13. The predicted octanol–water partition coefficient (Wildman–Crippen LogP) is 9.98. The van der Waals surface area contributed by atoms with E-state index in [-0.39, 0.29) is 16.9 Å². The molecule has 1 aromatic heterocycles. The molecular weight excluding hydrogens is 524 g/mol. The average molecular weight is 569 g/mol. The van der Waals surface area contributed by atoms with Crippen molar-refractivity contribution in [2.75, 3.05) is 18.5 Å². The van der Waals surface area contributed by atoms with E-state index in [1.807, 2.05) is 17.0 Å². The zero-order valence-corrected chi connectivity index (χ0v) is 26.3. The smallest absolute Gasteiger partial charge is 0.322 e. The molecule has 0 aliphatic heterocycles. The van der Waals surface area contributed by atoms with Gasteiger partial charge in [0, 0.05) is 27.7 Å². The van der Waals surface area contributed by atoms with Crippen molar-refractivity contribution in [1.82, 2.24) is 4.90 Å². The summed E-state index contributed by atoms with van der Waals surface area (Å²) in [6, 6.07) is 16.0. The van der Waals surface area contributed by atoms with Crippen LogP contribution < -0.4 is 10.1 Å². The maximum Gasteiger partial charge on any atom is 0.322 e. The SMILES string of the molecule is CCC(C)(C)c1ccc(OCCCCN(Cc2sccc2C)C(=O)Nc2cccc(Cl)c2)c(C(C)(C)CC)c1. The number of hydrogen-bond donors (Lipinski definition) is 1. The summed E-state index contributed by atoms with van der Waals surface area (Å²) in [5.41, 5.74) is 4.71. The number of unbranched alkanes of at least 4 members (excludes halogenated alkanes) is 1. The number of hydrogen-bond acceptors (Lipinski definition) is 3. The van der Waals surface area contributed by atoms with E-state index in [4.69, 9.17) is 16.3 Å². The molecule has 0 bridgehead atoms. The van der Waals surface area contributed by atoms with E-state index >= 15 is 0 Å². The van der Waals surface area contributed by atoms with E-state index in [1.54, 1.807) is 23.5 Å². The number of aryl methyl sites for hydroxylation is 1. The topological polar surface area (TPSA) is 41.6 Å². The second-order valence-electron chi connectivity index (χ2n) is 11.6. The Bertz CT molecular complexity index is 1230. The van der Waals surface area contributed by atoms with E-state index in [0.29, 0.717) is 30.4 Å². The van der Waals surface area contributed by atoms with Crippen molar-refractivity contribution in [2.45, 2.75) is 91.5 Å². The zero-order chi connectivity index (χ0) is 28.6. The van der Waals surface area contributed by atoms with Gasteiger partial charge < -0.3 is 15.0 Å². The third kappa shape index (κ3) is 8.49. The number of thiophene rings is 1. The number of urea groups is 1. The zero-order valence-electron chi connectivity index (χ0n) is 24.7. The Labute approximate surface area is 244 Å². The number of ether oxygens (including phenoxy) is 1. The quantitative estimate of drug-likeness (QED) is 0.208. The summed E-state index contributed by atoms with van der Waals surface area (Å²) in [5.74, 6) is 0.974. The van der Waals surface area contributed by atoms with Crippen LogP contribution in [0.3, 0.4) is 0 Å². The molecule has 212 valence electrons. The second-order valence-corrected chi connectivity index (χ2v) is 13.1. The van der Waals surface area contributed by atoms with Crippen molar-refractivity contribution in [3.63, 3.8) is 0 Å². The summed E-state index contributed by atoms with van der Waals surface area (Å²) in [5, 5.41) is 5.69. The van der Waals surface area contributed by atoms with Gasteiger partial charge in [0.15, 0.2) is 0 Å². The average Bonchev–Trinajstić information content (AvgIpc) is 3.31. The van der Waals surface area contributed by atoms with E-state index in [1.165, 1.54) is 21.6 Å². The van der Waals surface area contributed by atoms with Gasteiger partial charge in [-0.3, -0.25) is 0 Å². The van der Waals surface area contributed by atoms with Crippen LogP contribution in [0.5, 0.6) is 5.75 Å². The van der Waals surface area contributed by atoms with Gasteiger partial charge in [0.25, 0.3) is 0 Å². The van der Waals surface area contributed by atoms with Crippen LogP contribution in [0.2, 0.25) is 5.02 Å². The van der Waals surface area contributed by atoms with Gasteiger partial charge in [0.1, 0.15) is 5.75 Å². The Morgan fingerprint density at radius 3 is 2.38 bits per heavy atom. The second kappa shape index (κ2) is 13.7. The van der Waals surface area contributed by atoms with E-state index in [9.17, 15) is 4.79 Å². The van der Waals surface area contributed by atoms with Crippen molar-refractivity contribution in [3.05, 3.63) is 80.5 Å². The molecule has 0 radical (unpaired) electrons. The number of nitrogens with one attached hydrogen (secondary N) is 1. The number of carbonyl (C=O) groups is 1. The minimum absolute atomic E-state index is 0.0307. The minimum atomic E-state index is -0.118. The normalized spacial score (nSPS) is 11.9. The highest BCUT2D eigenvalue weighted by atomic mass is 35.5. The fourth-order valence-electron chi connectivity index (χ4n) is 4.35. The number of amides is 2. The summed E-state index contributed by atoms with van der Waals surface area (Å²) < 4.78 is 6.37. The molecule has 3 rings (SSSR count). The molecule has 0 saturated carbocycles. The molecule has 4 nitrogen and oxygen atoms in total. The molecular formula is C33H45ClN2O2S. The van der Waals surface area contributed by atoms with Crippen molar-refractivity contribution in [3.8, 4) is 5.75 Å². The Kier molecular flexibility index (Phi) is 10.9. The molecule has 1 heterocycles. The molecule has 0 aliphatic carbocycles. The van der Waals surface area contributed by atoms with Crippen molar-refractivity contribution >= 4 is 34.7 Å². The van der Waals surface area contributed by atoms with Gasteiger partial charge in [-0.2, -0.15) is 0 Å². The fraction of sp³-hybridized carbons (Fsp3) is 0.485. The molecule has 0 fully saturated rings. The van der Waals surface area contributed by atoms with Crippen LogP contribution >= 0.6 is 22.9 Å². The van der Waals surface area contributed by atoms with Gasteiger partial charge in [0.2, 0.25) is 0 Å². The van der Waals surface area contributed by atoms with Crippen molar-refractivity contribution in [2.24, 2.45) is 0 Å². The lowest BCUT2D eigenvalue weighted by Gasteiger charge is -2.30. The van der Waals surface area contributed by atoms with Crippen molar-refractivity contribution < 1.29 is 9.53 Å². The summed E-state index contributed by atoms with van der Waals surface area (Å²) in [6.45, 7) is 17.6. The Morgan fingerprint density at radius 2 is 1.74 bits per heavy atom. The molecule has 0 saturated heterocycles. The first-order chi connectivity index (χ1) is 18.5. The largest absolute Gasteiger partial charge is 0.493 e. The maximum atomic E-state index is 13.2. The van der Waals surface area contributed by atoms with Crippen LogP contribution in [-0.2, 0) is 17.4 Å². The number of nitrogens with zero attached hydrogens (tertiary/aromatic N) is 1. The number of carbonyl (C=O) groups excluding carboxylic acids is 1. The first kappa shape index (κ1) is 31.0. The van der Waals surface area contributed by atoms with E-state index in [2.05, 4.69) is 83.4 Å². The molecule has 0 spiro atoms. The molecule has 3 aromatic rings. The van der Waals surface area contributed by atoms with E-state index in [0.717, 1.165) is 31.4 Å². The van der Waals surface area contributed by atoms with Gasteiger partial charge in [0.05, 0.1) is 13.2 Å². The number of halogens is 1. The Balaban J connectivity index is 1.65. The first-order valence-electron chi connectivity index (χ1n) is 14.1. The van der Waals surface area contributed by atoms with Gasteiger partial charge in [-0.05, 0) is 90.3 Å². The molecule has 2 amide bonds. The Morgan fingerprint density at radius 1 is 1.00 bits per heavy atom. The molecule has 39 heavy (non-hydrogen) atoms. The third-order valence-electron chi connectivity index (χ3n) is 8.00. The Hall–Kier alpha value is -2.50. The summed E-state index contributed by atoms with van der Waals surface area (Å²) in [6.07, 6.45) is 3.84. The summed E-state index contributed by atoms with van der Waals surface area (Å²) in [7, 11) is 0. The molecule has 0 atom stereocenters. The highest BCUT2D eigenvalue weighted by molar-refractivity contribution is 7.10. The van der Waals surface area contributed by atoms with Crippen LogP contribution in [0, 0.1) is 6.92 Å². The number of benzene rings is 2. The van der Waals surface area contributed by atoms with Crippen LogP contribution in [0.15, 0.2) is 53.9 Å². The lowest BCUT2D eigenvalue weighted by atomic mass is 9.76. The first-order valence-corrected chi connectivity index (χ1v) is 15.3. The predicted molar refractivity (Wildman–Crippen MR) is 168 cm³/mol. The van der Waals surface area contributed by atoms with Gasteiger partial charge in [-0.1, -0.05) is 71.3 Å². The number of anilines is 1. The lowest BCUT2D eigenvalue weighted by molar-refractivity contribution is 0.205. The van der Waals surface area contributed by atoms with Crippen LogP contribution in [0.1, 0.15) is 88.8 Å². The van der Waals surface area contributed by atoms with Gasteiger partial charge in [-0.25, -0.2) is 4.79 Å².